The molecule has 30 heavy (non-hydrogen) atoms. The van der Waals surface area contributed by atoms with Crippen LogP contribution in [0.1, 0.15) is 11.4 Å². The number of pyridine rings is 1. The summed E-state index contributed by atoms with van der Waals surface area (Å²) >= 11 is 6.06. The number of halogens is 1. The Morgan fingerprint density at radius 1 is 1.10 bits per heavy atom. The third-order valence-electron chi connectivity index (χ3n) is 4.60. The lowest BCUT2D eigenvalue weighted by Gasteiger charge is -2.11. The van der Waals surface area contributed by atoms with Crippen LogP contribution in [0.4, 0.5) is 0 Å². The lowest BCUT2D eigenvalue weighted by Crippen LogP contribution is -2.25. The number of nitrogens with one attached hydrogen (secondary N) is 1. The first-order valence-electron chi connectivity index (χ1n) is 9.15. The van der Waals surface area contributed by atoms with Gasteiger partial charge in [-0.25, -0.2) is 23.1 Å². The molecule has 1 N–H and O–H groups in total. The van der Waals surface area contributed by atoms with E-state index in [0.717, 1.165) is 11.3 Å². The normalized spacial score (nSPS) is 11.7. The van der Waals surface area contributed by atoms with Gasteiger partial charge in [0.25, 0.3) is 0 Å². The minimum absolute atomic E-state index is 0.00607. The third kappa shape index (κ3) is 4.16. The van der Waals surface area contributed by atoms with E-state index in [-0.39, 0.29) is 16.5 Å². The third-order valence-corrected chi connectivity index (χ3v) is 6.51. The van der Waals surface area contributed by atoms with E-state index in [1.165, 1.54) is 12.1 Å². The summed E-state index contributed by atoms with van der Waals surface area (Å²) < 4.78 is 35.2. The highest BCUT2D eigenvalue weighted by Gasteiger charge is 2.19. The van der Waals surface area contributed by atoms with Crippen LogP contribution in [0, 0.1) is 0 Å². The molecule has 4 aromatic rings. The highest BCUT2D eigenvalue weighted by molar-refractivity contribution is 7.89. The number of aromatic nitrogens is 3. The molecule has 0 spiro atoms. The van der Waals surface area contributed by atoms with Gasteiger partial charge in [0, 0.05) is 6.20 Å². The molecule has 154 valence electrons. The quantitative estimate of drug-likeness (QED) is 0.472. The van der Waals surface area contributed by atoms with Crippen LogP contribution in [0.2, 0.25) is 5.02 Å². The van der Waals surface area contributed by atoms with Gasteiger partial charge in [0.05, 0.1) is 25.2 Å². The van der Waals surface area contributed by atoms with Crippen molar-refractivity contribution in [3.63, 3.8) is 0 Å². The number of methoxy groups -OCH3 is 1. The second-order valence-electron chi connectivity index (χ2n) is 6.57. The standard InChI is InChI=1S/C21H19ClN4O3S/c1-29-16-7-4-6-15(12-16)14-26-20(25-18-9-5-11-23-21(18)26)13-24-30(27,28)19-10-3-2-8-17(19)22/h2-12,24H,13-14H2,1H3. The van der Waals surface area contributed by atoms with Crippen LogP contribution in [-0.2, 0) is 23.1 Å². The zero-order valence-corrected chi connectivity index (χ0v) is 17.7. The van der Waals surface area contributed by atoms with Crippen molar-refractivity contribution < 1.29 is 13.2 Å². The highest BCUT2D eigenvalue weighted by Crippen LogP contribution is 2.22. The lowest BCUT2D eigenvalue weighted by molar-refractivity contribution is 0.414. The molecule has 0 saturated heterocycles. The fraction of sp³-hybridized carbons (Fsp3) is 0.143. The first kappa shape index (κ1) is 20.3. The summed E-state index contributed by atoms with van der Waals surface area (Å²) in [5.41, 5.74) is 2.34. The predicted octanol–water partition coefficient (Wildman–Crippen LogP) is 3.62. The van der Waals surface area contributed by atoms with E-state index in [1.807, 2.05) is 34.9 Å². The average molecular weight is 443 g/mol. The van der Waals surface area contributed by atoms with Crippen molar-refractivity contribution >= 4 is 32.8 Å². The Kier molecular flexibility index (Phi) is 5.72. The number of sulfonamides is 1. The van der Waals surface area contributed by atoms with Gasteiger partial charge in [0.2, 0.25) is 10.0 Å². The number of fused-ring (bicyclic) bond motifs is 1. The smallest absolute Gasteiger partial charge is 0.242 e. The monoisotopic (exact) mass is 442 g/mol. The van der Waals surface area contributed by atoms with Crippen LogP contribution in [-0.4, -0.2) is 30.1 Å². The zero-order chi connectivity index (χ0) is 21.1. The molecule has 0 radical (unpaired) electrons. The summed E-state index contributed by atoms with van der Waals surface area (Å²) in [4.78, 5) is 9.04. The molecule has 0 aliphatic heterocycles. The van der Waals surface area contributed by atoms with E-state index in [4.69, 9.17) is 16.3 Å². The molecule has 2 heterocycles. The summed E-state index contributed by atoms with van der Waals surface area (Å²) in [6, 6.07) is 17.6. The Bertz CT molecular complexity index is 1300. The molecule has 0 unspecified atom stereocenters. The molecule has 0 aliphatic rings. The van der Waals surface area contributed by atoms with Crippen LogP contribution in [0.15, 0.2) is 71.8 Å². The Hall–Kier alpha value is -2.94. The molecule has 9 heteroatoms. The van der Waals surface area contributed by atoms with Crippen LogP contribution in [0.25, 0.3) is 11.2 Å². The SMILES string of the molecule is COc1cccc(Cn2c(CNS(=O)(=O)c3ccccc3Cl)nc3cccnc32)c1. The van der Waals surface area contributed by atoms with Crippen molar-refractivity contribution in [2.45, 2.75) is 18.0 Å². The van der Waals surface area contributed by atoms with E-state index >= 15 is 0 Å². The molecule has 0 aliphatic carbocycles. The van der Waals surface area contributed by atoms with Crippen molar-refractivity contribution in [3.05, 3.63) is 83.3 Å². The maximum Gasteiger partial charge on any atom is 0.242 e. The molecular weight excluding hydrogens is 424 g/mol. The lowest BCUT2D eigenvalue weighted by atomic mass is 10.2. The van der Waals surface area contributed by atoms with Crippen LogP contribution >= 0.6 is 11.6 Å². The summed E-state index contributed by atoms with van der Waals surface area (Å²) in [5, 5.41) is 0.163. The summed E-state index contributed by atoms with van der Waals surface area (Å²) in [7, 11) is -2.19. The number of hydrogen-bond donors (Lipinski definition) is 1. The summed E-state index contributed by atoms with van der Waals surface area (Å²) in [5.74, 6) is 1.29. The van der Waals surface area contributed by atoms with Gasteiger partial charge in [0.15, 0.2) is 5.65 Å². The first-order valence-corrected chi connectivity index (χ1v) is 11.0. The molecule has 0 saturated carbocycles. The molecule has 7 nitrogen and oxygen atoms in total. The van der Waals surface area contributed by atoms with Crippen LogP contribution < -0.4 is 9.46 Å². The van der Waals surface area contributed by atoms with E-state index < -0.39 is 10.0 Å². The van der Waals surface area contributed by atoms with Gasteiger partial charge in [-0.2, -0.15) is 0 Å². The highest BCUT2D eigenvalue weighted by atomic mass is 35.5. The first-order chi connectivity index (χ1) is 14.5. The van der Waals surface area contributed by atoms with Crippen molar-refractivity contribution in [2.75, 3.05) is 7.11 Å². The molecule has 0 fully saturated rings. The van der Waals surface area contributed by atoms with Crippen LogP contribution in [0.5, 0.6) is 5.75 Å². The maximum atomic E-state index is 12.7. The molecule has 2 aromatic heterocycles. The van der Waals surface area contributed by atoms with Gasteiger partial charge in [-0.05, 0) is 42.0 Å². The number of rotatable bonds is 7. The van der Waals surface area contributed by atoms with Crippen molar-refractivity contribution in [1.29, 1.82) is 0 Å². The maximum absolute atomic E-state index is 12.7. The molecule has 0 bridgehead atoms. The topological polar surface area (TPSA) is 86.1 Å². The molecule has 0 amide bonds. The van der Waals surface area contributed by atoms with Gasteiger partial charge < -0.3 is 9.30 Å². The van der Waals surface area contributed by atoms with Crippen molar-refractivity contribution in [1.82, 2.24) is 19.3 Å². The largest absolute Gasteiger partial charge is 0.497 e. The van der Waals surface area contributed by atoms with Gasteiger partial charge >= 0.3 is 0 Å². The van der Waals surface area contributed by atoms with Gasteiger partial charge in [-0.1, -0.05) is 35.9 Å². The fourth-order valence-corrected chi connectivity index (χ4v) is 4.66. The van der Waals surface area contributed by atoms with Crippen molar-refractivity contribution in [3.8, 4) is 5.75 Å². The van der Waals surface area contributed by atoms with E-state index in [1.54, 1.807) is 31.5 Å². The number of imidazole rings is 1. The molecular formula is C21H19ClN4O3S. The molecule has 0 atom stereocenters. The second kappa shape index (κ2) is 8.43. The Morgan fingerprint density at radius 3 is 2.73 bits per heavy atom. The number of nitrogens with zero attached hydrogens (tertiary/aromatic N) is 3. The van der Waals surface area contributed by atoms with E-state index in [9.17, 15) is 8.42 Å². The van der Waals surface area contributed by atoms with E-state index in [2.05, 4.69) is 14.7 Å². The zero-order valence-electron chi connectivity index (χ0n) is 16.1. The average Bonchev–Trinajstić information content (AvgIpc) is 3.10. The van der Waals surface area contributed by atoms with Crippen LogP contribution in [0.3, 0.4) is 0 Å². The minimum Gasteiger partial charge on any atom is -0.497 e. The van der Waals surface area contributed by atoms with Gasteiger partial charge in [0.1, 0.15) is 22.0 Å². The predicted molar refractivity (Wildman–Crippen MR) is 115 cm³/mol. The number of benzene rings is 2. The summed E-state index contributed by atoms with van der Waals surface area (Å²) in [6.45, 7) is 0.460. The molecule has 2 aromatic carbocycles. The van der Waals surface area contributed by atoms with Gasteiger partial charge in [-0.15, -0.1) is 0 Å². The van der Waals surface area contributed by atoms with Crippen molar-refractivity contribution in [2.24, 2.45) is 0 Å². The Balaban J connectivity index is 1.67. The van der Waals surface area contributed by atoms with E-state index in [0.29, 0.717) is 23.5 Å². The molecule has 4 rings (SSSR count). The number of ether oxygens (including phenoxy) is 1. The van der Waals surface area contributed by atoms with Gasteiger partial charge in [-0.3, -0.25) is 0 Å². The fourth-order valence-electron chi connectivity index (χ4n) is 3.16. The minimum atomic E-state index is -3.80. The Labute approximate surface area is 179 Å². The second-order valence-corrected chi connectivity index (χ2v) is 8.71. The number of hydrogen-bond acceptors (Lipinski definition) is 5. The Morgan fingerprint density at radius 2 is 1.93 bits per heavy atom. The summed E-state index contributed by atoms with van der Waals surface area (Å²) in [6.07, 6.45) is 1.68.